The third kappa shape index (κ3) is 4.70. The standard InChI is InChI=1S/C20H23Cl2N3O/c1-15(16-6-2-3-7-17(16)21)23-20(26)14-24-10-12-25(13-11-24)19-9-5-4-8-18(19)22/h2-9,15H,10-14H2,1H3,(H,23,26). The highest BCUT2D eigenvalue weighted by Gasteiger charge is 2.21. The second kappa shape index (κ2) is 8.76. The molecule has 1 aliphatic rings. The minimum absolute atomic E-state index is 0.0172. The Hall–Kier alpha value is -1.75. The summed E-state index contributed by atoms with van der Waals surface area (Å²) in [5.74, 6) is 0.0172. The van der Waals surface area contributed by atoms with Gasteiger partial charge in [0.1, 0.15) is 0 Å². The van der Waals surface area contributed by atoms with Crippen molar-refractivity contribution in [1.29, 1.82) is 0 Å². The molecule has 26 heavy (non-hydrogen) atoms. The number of amides is 1. The van der Waals surface area contributed by atoms with Crippen LogP contribution in [0.4, 0.5) is 5.69 Å². The predicted octanol–water partition coefficient (Wildman–Crippen LogP) is 3.99. The van der Waals surface area contributed by atoms with E-state index in [0.29, 0.717) is 11.6 Å². The van der Waals surface area contributed by atoms with Crippen LogP contribution in [0.3, 0.4) is 0 Å². The van der Waals surface area contributed by atoms with E-state index in [1.54, 1.807) is 0 Å². The van der Waals surface area contributed by atoms with E-state index in [-0.39, 0.29) is 11.9 Å². The highest BCUT2D eigenvalue weighted by Crippen LogP contribution is 2.26. The molecule has 1 fully saturated rings. The van der Waals surface area contributed by atoms with Gasteiger partial charge in [-0.1, -0.05) is 53.5 Å². The van der Waals surface area contributed by atoms with Gasteiger partial charge in [-0.15, -0.1) is 0 Å². The van der Waals surface area contributed by atoms with Crippen molar-refractivity contribution in [3.63, 3.8) is 0 Å². The van der Waals surface area contributed by atoms with Crippen LogP contribution in [0.25, 0.3) is 0 Å². The van der Waals surface area contributed by atoms with Crippen molar-refractivity contribution in [3.05, 3.63) is 64.1 Å². The maximum Gasteiger partial charge on any atom is 0.234 e. The van der Waals surface area contributed by atoms with Gasteiger partial charge in [-0.25, -0.2) is 0 Å². The molecule has 0 bridgehead atoms. The number of para-hydroxylation sites is 1. The quantitative estimate of drug-likeness (QED) is 0.836. The van der Waals surface area contributed by atoms with Crippen LogP contribution in [0, 0.1) is 0 Å². The molecule has 1 atom stereocenters. The number of piperazine rings is 1. The Bertz CT molecular complexity index is 760. The Morgan fingerprint density at radius 2 is 1.62 bits per heavy atom. The molecule has 1 aliphatic heterocycles. The van der Waals surface area contributed by atoms with Crippen molar-refractivity contribution < 1.29 is 4.79 Å². The SMILES string of the molecule is CC(NC(=O)CN1CCN(c2ccccc2Cl)CC1)c1ccccc1Cl. The van der Waals surface area contributed by atoms with Crippen molar-refractivity contribution in [2.24, 2.45) is 0 Å². The molecular weight excluding hydrogens is 369 g/mol. The summed E-state index contributed by atoms with van der Waals surface area (Å²) in [7, 11) is 0. The van der Waals surface area contributed by atoms with Gasteiger partial charge in [0.2, 0.25) is 5.91 Å². The Morgan fingerprint density at radius 3 is 2.27 bits per heavy atom. The molecule has 6 heteroatoms. The normalized spacial score (nSPS) is 16.3. The fourth-order valence-electron chi connectivity index (χ4n) is 3.25. The van der Waals surface area contributed by atoms with E-state index in [1.807, 2.05) is 55.5 Å². The zero-order chi connectivity index (χ0) is 18.5. The molecule has 4 nitrogen and oxygen atoms in total. The summed E-state index contributed by atoms with van der Waals surface area (Å²) >= 11 is 12.5. The van der Waals surface area contributed by atoms with Crippen LogP contribution in [0.5, 0.6) is 0 Å². The van der Waals surface area contributed by atoms with Crippen molar-refractivity contribution in [2.75, 3.05) is 37.6 Å². The summed E-state index contributed by atoms with van der Waals surface area (Å²) in [6.45, 7) is 5.73. The molecule has 0 spiro atoms. The van der Waals surface area contributed by atoms with Gasteiger partial charge in [-0.05, 0) is 30.7 Å². The summed E-state index contributed by atoms with van der Waals surface area (Å²) < 4.78 is 0. The summed E-state index contributed by atoms with van der Waals surface area (Å²) in [6.07, 6.45) is 0. The molecule has 1 unspecified atom stereocenters. The van der Waals surface area contributed by atoms with E-state index < -0.39 is 0 Å². The lowest BCUT2D eigenvalue weighted by atomic mass is 10.1. The van der Waals surface area contributed by atoms with Gasteiger partial charge in [-0.3, -0.25) is 9.69 Å². The van der Waals surface area contributed by atoms with E-state index in [1.165, 1.54) is 0 Å². The van der Waals surface area contributed by atoms with Gasteiger partial charge < -0.3 is 10.2 Å². The molecule has 0 saturated carbocycles. The second-order valence-corrected chi connectivity index (χ2v) is 7.34. The van der Waals surface area contributed by atoms with Gasteiger partial charge in [0.25, 0.3) is 0 Å². The number of nitrogens with one attached hydrogen (secondary N) is 1. The van der Waals surface area contributed by atoms with E-state index in [2.05, 4.69) is 15.1 Å². The Morgan fingerprint density at radius 1 is 1.00 bits per heavy atom. The van der Waals surface area contributed by atoms with E-state index >= 15 is 0 Å². The van der Waals surface area contributed by atoms with Crippen LogP contribution in [-0.4, -0.2) is 43.5 Å². The van der Waals surface area contributed by atoms with Crippen LogP contribution >= 0.6 is 23.2 Å². The van der Waals surface area contributed by atoms with Gasteiger partial charge in [0.05, 0.1) is 23.3 Å². The molecule has 0 radical (unpaired) electrons. The molecule has 1 amide bonds. The Labute approximate surface area is 164 Å². The molecule has 1 heterocycles. The van der Waals surface area contributed by atoms with Crippen LogP contribution in [0.2, 0.25) is 10.0 Å². The highest BCUT2D eigenvalue weighted by atomic mass is 35.5. The van der Waals surface area contributed by atoms with Gasteiger partial charge >= 0.3 is 0 Å². The van der Waals surface area contributed by atoms with E-state index in [4.69, 9.17) is 23.2 Å². The largest absolute Gasteiger partial charge is 0.368 e. The first-order valence-electron chi connectivity index (χ1n) is 8.80. The molecule has 138 valence electrons. The van der Waals surface area contributed by atoms with Crippen LogP contribution in [-0.2, 0) is 4.79 Å². The van der Waals surface area contributed by atoms with Crippen molar-refractivity contribution in [1.82, 2.24) is 10.2 Å². The van der Waals surface area contributed by atoms with Gasteiger partial charge in [-0.2, -0.15) is 0 Å². The minimum atomic E-state index is -0.111. The number of rotatable bonds is 5. The maximum atomic E-state index is 12.4. The highest BCUT2D eigenvalue weighted by molar-refractivity contribution is 6.33. The topological polar surface area (TPSA) is 35.6 Å². The smallest absolute Gasteiger partial charge is 0.234 e. The summed E-state index contributed by atoms with van der Waals surface area (Å²) in [6, 6.07) is 15.4. The first-order valence-corrected chi connectivity index (χ1v) is 9.56. The number of hydrogen-bond acceptors (Lipinski definition) is 3. The lowest BCUT2D eigenvalue weighted by Gasteiger charge is -2.36. The van der Waals surface area contributed by atoms with Crippen LogP contribution in [0.1, 0.15) is 18.5 Å². The molecular formula is C20H23Cl2N3O. The molecule has 2 aromatic carbocycles. The lowest BCUT2D eigenvalue weighted by molar-refractivity contribution is -0.123. The first-order chi connectivity index (χ1) is 12.5. The zero-order valence-corrected chi connectivity index (χ0v) is 16.3. The maximum absolute atomic E-state index is 12.4. The summed E-state index contributed by atoms with van der Waals surface area (Å²) in [4.78, 5) is 16.8. The Balaban J connectivity index is 1.49. The van der Waals surface area contributed by atoms with E-state index in [0.717, 1.165) is 42.5 Å². The lowest BCUT2D eigenvalue weighted by Crippen LogP contribution is -2.49. The van der Waals surface area contributed by atoms with Crippen LogP contribution < -0.4 is 10.2 Å². The predicted molar refractivity (Wildman–Crippen MR) is 108 cm³/mol. The molecule has 3 rings (SSSR count). The van der Waals surface area contributed by atoms with E-state index in [9.17, 15) is 4.79 Å². The Kier molecular flexibility index (Phi) is 6.41. The number of carbonyl (C=O) groups excluding carboxylic acids is 1. The van der Waals surface area contributed by atoms with Crippen molar-refractivity contribution in [2.45, 2.75) is 13.0 Å². The van der Waals surface area contributed by atoms with Gasteiger partial charge in [0.15, 0.2) is 0 Å². The fourth-order valence-corrected chi connectivity index (χ4v) is 3.80. The minimum Gasteiger partial charge on any atom is -0.368 e. The molecule has 0 aliphatic carbocycles. The fraction of sp³-hybridized carbons (Fsp3) is 0.350. The monoisotopic (exact) mass is 391 g/mol. The first kappa shape index (κ1) is 19.0. The van der Waals surface area contributed by atoms with Crippen molar-refractivity contribution >= 4 is 34.8 Å². The summed E-state index contributed by atoms with van der Waals surface area (Å²) in [5.41, 5.74) is 2.00. The average Bonchev–Trinajstić information content (AvgIpc) is 2.63. The third-order valence-electron chi connectivity index (χ3n) is 4.68. The van der Waals surface area contributed by atoms with Crippen LogP contribution in [0.15, 0.2) is 48.5 Å². The third-order valence-corrected chi connectivity index (χ3v) is 5.35. The number of nitrogens with zero attached hydrogens (tertiary/aromatic N) is 2. The average molecular weight is 392 g/mol. The molecule has 1 saturated heterocycles. The number of benzene rings is 2. The number of anilines is 1. The number of carbonyl (C=O) groups is 1. The molecule has 0 aromatic heterocycles. The van der Waals surface area contributed by atoms with Crippen molar-refractivity contribution in [3.8, 4) is 0 Å². The second-order valence-electron chi connectivity index (χ2n) is 6.53. The number of hydrogen-bond donors (Lipinski definition) is 1. The van der Waals surface area contributed by atoms with Gasteiger partial charge in [0, 0.05) is 31.2 Å². The molecule has 2 aromatic rings. The zero-order valence-electron chi connectivity index (χ0n) is 14.8. The number of halogens is 2. The molecule has 1 N–H and O–H groups in total. The summed E-state index contributed by atoms with van der Waals surface area (Å²) in [5, 5.41) is 4.48.